The highest BCUT2D eigenvalue weighted by atomic mass is 16.5. The quantitative estimate of drug-likeness (QED) is 0.560. The molecule has 0 spiro atoms. The molecule has 5 heteroatoms. The van der Waals surface area contributed by atoms with Crippen LogP contribution < -0.4 is 9.47 Å². The summed E-state index contributed by atoms with van der Waals surface area (Å²) in [5, 5.41) is 10.4. The van der Waals surface area contributed by atoms with Gasteiger partial charge in [0.2, 0.25) is 0 Å². The van der Waals surface area contributed by atoms with Crippen LogP contribution >= 0.6 is 0 Å². The third kappa shape index (κ3) is 5.11. The maximum Gasteiger partial charge on any atom is 0.195 e. The van der Waals surface area contributed by atoms with Gasteiger partial charge in [-0.3, -0.25) is 4.79 Å². The molecule has 0 saturated carbocycles. The Bertz CT molecular complexity index is 907. The molecule has 1 N–H and O–H groups in total. The van der Waals surface area contributed by atoms with E-state index in [2.05, 4.69) is 0 Å². The number of methoxy groups -OCH3 is 1. The second-order valence-electron chi connectivity index (χ2n) is 6.22. The van der Waals surface area contributed by atoms with Crippen LogP contribution in [-0.4, -0.2) is 24.6 Å². The van der Waals surface area contributed by atoms with Gasteiger partial charge in [0.05, 0.1) is 0 Å². The maximum absolute atomic E-state index is 12.4. The Labute approximate surface area is 164 Å². The minimum atomic E-state index is -0.363. The predicted molar refractivity (Wildman–Crippen MR) is 106 cm³/mol. The van der Waals surface area contributed by atoms with Gasteiger partial charge in [-0.05, 0) is 11.1 Å². The highest BCUT2D eigenvalue weighted by molar-refractivity contribution is 6.02. The summed E-state index contributed by atoms with van der Waals surface area (Å²) in [5.74, 6) is 0.112. The Morgan fingerprint density at radius 1 is 0.857 bits per heavy atom. The van der Waals surface area contributed by atoms with Crippen LogP contribution in [0, 0.1) is 0 Å². The van der Waals surface area contributed by atoms with Gasteiger partial charge in [0.25, 0.3) is 0 Å². The lowest BCUT2D eigenvalue weighted by Gasteiger charge is -2.15. The zero-order valence-corrected chi connectivity index (χ0v) is 15.6. The third-order valence-corrected chi connectivity index (χ3v) is 4.09. The number of carbonyl (C=O) groups excluding carboxylic acids is 1. The molecule has 0 radical (unpaired) electrons. The fourth-order valence-corrected chi connectivity index (χ4v) is 2.73. The molecule has 0 saturated heterocycles. The summed E-state index contributed by atoms with van der Waals surface area (Å²) in [6, 6.07) is 22.3. The first-order chi connectivity index (χ1) is 13.7. The molecule has 0 aromatic heterocycles. The first-order valence-electron chi connectivity index (χ1n) is 8.90. The van der Waals surface area contributed by atoms with Crippen LogP contribution in [0.25, 0.3) is 0 Å². The first-order valence-corrected chi connectivity index (χ1v) is 8.90. The molecule has 0 aliphatic carbocycles. The molecule has 3 aromatic carbocycles. The summed E-state index contributed by atoms with van der Waals surface area (Å²) < 4.78 is 16.5. The lowest BCUT2D eigenvalue weighted by molar-refractivity contribution is 0.0840. The molecule has 144 valence electrons. The molecule has 5 nitrogen and oxygen atoms in total. The van der Waals surface area contributed by atoms with Crippen molar-refractivity contribution >= 4 is 5.78 Å². The number of hydrogen-bond acceptors (Lipinski definition) is 5. The molecule has 0 aliphatic rings. The molecule has 0 heterocycles. The molecule has 0 bridgehead atoms. The maximum atomic E-state index is 12.4. The summed E-state index contributed by atoms with van der Waals surface area (Å²) in [6.45, 7) is 0.443. The number of rotatable bonds is 9. The number of phenolic OH excluding ortho intramolecular Hbond substituents is 1. The fraction of sp³-hybridized carbons (Fsp3) is 0.174. The van der Waals surface area contributed by atoms with E-state index in [-0.39, 0.29) is 36.1 Å². The van der Waals surface area contributed by atoms with Crippen LogP contribution in [0.3, 0.4) is 0 Å². The van der Waals surface area contributed by atoms with Crippen LogP contribution in [0.5, 0.6) is 17.2 Å². The van der Waals surface area contributed by atoms with Crippen molar-refractivity contribution in [2.24, 2.45) is 0 Å². The van der Waals surface area contributed by atoms with Crippen molar-refractivity contribution in [2.45, 2.75) is 13.2 Å². The van der Waals surface area contributed by atoms with E-state index < -0.39 is 0 Å². The Balaban J connectivity index is 1.83. The molecule has 0 aliphatic heterocycles. The molecule has 0 amide bonds. The minimum Gasteiger partial charge on any atom is -0.507 e. The van der Waals surface area contributed by atoms with E-state index in [1.165, 1.54) is 13.2 Å². The van der Waals surface area contributed by atoms with Crippen molar-refractivity contribution in [3.8, 4) is 17.2 Å². The number of Topliss-reactive ketones (excluding diaryl/α,β-unsaturated/α-hetero) is 1. The van der Waals surface area contributed by atoms with Gasteiger partial charge < -0.3 is 19.3 Å². The summed E-state index contributed by atoms with van der Waals surface area (Å²) in [7, 11) is 1.43. The number of ketones is 1. The van der Waals surface area contributed by atoms with Crippen molar-refractivity contribution in [1.82, 2.24) is 0 Å². The third-order valence-electron chi connectivity index (χ3n) is 4.09. The number of carbonyl (C=O) groups is 1. The monoisotopic (exact) mass is 378 g/mol. The summed E-state index contributed by atoms with van der Waals surface area (Å²) >= 11 is 0. The smallest absolute Gasteiger partial charge is 0.195 e. The van der Waals surface area contributed by atoms with Crippen molar-refractivity contribution < 1.29 is 24.1 Å². The zero-order chi connectivity index (χ0) is 19.8. The van der Waals surface area contributed by atoms with Crippen molar-refractivity contribution in [3.63, 3.8) is 0 Å². The van der Waals surface area contributed by atoms with E-state index in [0.29, 0.717) is 12.4 Å². The van der Waals surface area contributed by atoms with Gasteiger partial charge in [-0.25, -0.2) is 0 Å². The average molecular weight is 378 g/mol. The van der Waals surface area contributed by atoms with Crippen molar-refractivity contribution in [2.75, 3.05) is 13.7 Å². The summed E-state index contributed by atoms with van der Waals surface area (Å²) in [4.78, 5) is 12.4. The van der Waals surface area contributed by atoms with Gasteiger partial charge in [0.1, 0.15) is 42.6 Å². The average Bonchev–Trinajstić information content (AvgIpc) is 2.72. The van der Waals surface area contributed by atoms with Gasteiger partial charge >= 0.3 is 0 Å². The molecule has 0 unspecified atom stereocenters. The largest absolute Gasteiger partial charge is 0.507 e. The van der Waals surface area contributed by atoms with Gasteiger partial charge in [-0.15, -0.1) is 0 Å². The van der Waals surface area contributed by atoms with Crippen LogP contribution in [0.4, 0.5) is 0 Å². The van der Waals surface area contributed by atoms with Crippen LogP contribution in [-0.2, 0) is 18.0 Å². The van der Waals surface area contributed by atoms with Crippen molar-refractivity contribution in [1.29, 1.82) is 0 Å². The number of hydrogen-bond donors (Lipinski definition) is 1. The number of benzene rings is 3. The van der Waals surface area contributed by atoms with Gasteiger partial charge in [0, 0.05) is 19.2 Å². The van der Waals surface area contributed by atoms with E-state index in [0.717, 1.165) is 11.1 Å². The van der Waals surface area contributed by atoms with Crippen LogP contribution in [0.1, 0.15) is 21.5 Å². The molecular weight excluding hydrogens is 356 g/mol. The second kappa shape index (κ2) is 9.58. The highest BCUT2D eigenvalue weighted by Gasteiger charge is 2.20. The highest BCUT2D eigenvalue weighted by Crippen LogP contribution is 2.35. The van der Waals surface area contributed by atoms with Crippen LogP contribution in [0.2, 0.25) is 0 Å². The standard InChI is InChI=1S/C23H22O5/c1-26-16-21(25)23-20(24)12-19(27-14-17-8-4-2-5-9-17)13-22(23)28-15-18-10-6-3-7-11-18/h2-13,24H,14-16H2,1H3. The Morgan fingerprint density at radius 3 is 2.00 bits per heavy atom. The molecule has 3 rings (SSSR count). The lowest BCUT2D eigenvalue weighted by atomic mass is 10.1. The Morgan fingerprint density at radius 2 is 1.43 bits per heavy atom. The number of aromatic hydroxyl groups is 1. The Kier molecular flexibility index (Phi) is 6.65. The Hall–Kier alpha value is -3.31. The van der Waals surface area contributed by atoms with Crippen LogP contribution in [0.15, 0.2) is 72.8 Å². The fourth-order valence-electron chi connectivity index (χ4n) is 2.73. The molecule has 3 aromatic rings. The van der Waals surface area contributed by atoms with E-state index in [4.69, 9.17) is 14.2 Å². The first kappa shape index (κ1) is 19.5. The zero-order valence-electron chi connectivity index (χ0n) is 15.6. The molecular formula is C23H22O5. The van der Waals surface area contributed by atoms with Gasteiger partial charge in [0.15, 0.2) is 5.78 Å². The van der Waals surface area contributed by atoms with E-state index in [1.54, 1.807) is 6.07 Å². The van der Waals surface area contributed by atoms with Gasteiger partial charge in [-0.1, -0.05) is 60.7 Å². The minimum absolute atomic E-state index is 0.0878. The molecule has 0 fully saturated rings. The van der Waals surface area contributed by atoms with Gasteiger partial charge in [-0.2, -0.15) is 0 Å². The van der Waals surface area contributed by atoms with E-state index in [9.17, 15) is 9.90 Å². The topological polar surface area (TPSA) is 65.0 Å². The second-order valence-corrected chi connectivity index (χ2v) is 6.22. The lowest BCUT2D eigenvalue weighted by Crippen LogP contribution is -2.10. The van der Waals surface area contributed by atoms with E-state index in [1.807, 2.05) is 60.7 Å². The summed E-state index contributed by atoms with van der Waals surface area (Å²) in [6.07, 6.45) is 0. The SMILES string of the molecule is COCC(=O)c1c(O)cc(OCc2ccccc2)cc1OCc1ccccc1. The summed E-state index contributed by atoms with van der Waals surface area (Å²) in [5.41, 5.74) is 2.03. The number of ether oxygens (including phenoxy) is 3. The van der Waals surface area contributed by atoms with E-state index >= 15 is 0 Å². The molecule has 28 heavy (non-hydrogen) atoms. The number of phenols is 1. The normalized spacial score (nSPS) is 10.5. The predicted octanol–water partition coefficient (Wildman–Crippen LogP) is 4.38. The molecule has 0 atom stereocenters. The van der Waals surface area contributed by atoms with Crippen molar-refractivity contribution in [3.05, 3.63) is 89.5 Å².